The van der Waals surface area contributed by atoms with Crippen molar-refractivity contribution < 1.29 is 0 Å². The van der Waals surface area contributed by atoms with Crippen LogP contribution in [0.1, 0.15) is 56.6 Å². The van der Waals surface area contributed by atoms with Crippen LogP contribution in [-0.2, 0) is 6.54 Å². The van der Waals surface area contributed by atoms with Crippen molar-refractivity contribution in [1.29, 1.82) is 0 Å². The van der Waals surface area contributed by atoms with Gasteiger partial charge in [0.2, 0.25) is 0 Å². The molecular weight excluding hydrogens is 256 g/mol. The fourth-order valence-electron chi connectivity index (χ4n) is 3.35. The smallest absolute Gasteiger partial charge is 0.0233 e. The molecule has 2 nitrogen and oxygen atoms in total. The Morgan fingerprint density at radius 1 is 1.14 bits per heavy atom. The minimum absolute atomic E-state index is 0.631. The molecule has 1 unspecified atom stereocenters. The van der Waals surface area contributed by atoms with Gasteiger partial charge in [0, 0.05) is 19.1 Å². The summed E-state index contributed by atoms with van der Waals surface area (Å²) >= 11 is 0. The van der Waals surface area contributed by atoms with E-state index in [1.807, 2.05) is 0 Å². The summed E-state index contributed by atoms with van der Waals surface area (Å²) in [6, 6.07) is 10.1. The zero-order valence-electron chi connectivity index (χ0n) is 13.6. The monoisotopic (exact) mass is 286 g/mol. The van der Waals surface area contributed by atoms with Crippen LogP contribution in [0.4, 0.5) is 0 Å². The lowest BCUT2D eigenvalue weighted by Gasteiger charge is -2.33. The highest BCUT2D eigenvalue weighted by molar-refractivity contribution is 5.24. The number of hydrogen-bond acceptors (Lipinski definition) is 2. The SMILES string of the molecule is CC(C)c1ccc(CN2CCCC(CNC3CC3)C2)cc1. The van der Waals surface area contributed by atoms with E-state index in [9.17, 15) is 0 Å². The quantitative estimate of drug-likeness (QED) is 0.856. The predicted octanol–water partition coefficient (Wildman–Crippen LogP) is 3.77. The molecule has 1 N–H and O–H groups in total. The van der Waals surface area contributed by atoms with Crippen molar-refractivity contribution >= 4 is 0 Å². The third-order valence-electron chi connectivity index (χ3n) is 4.93. The highest BCUT2D eigenvalue weighted by Gasteiger charge is 2.24. The van der Waals surface area contributed by atoms with Crippen LogP contribution < -0.4 is 5.32 Å². The van der Waals surface area contributed by atoms with E-state index in [4.69, 9.17) is 0 Å². The van der Waals surface area contributed by atoms with E-state index in [2.05, 4.69) is 48.3 Å². The van der Waals surface area contributed by atoms with Gasteiger partial charge in [-0.1, -0.05) is 38.1 Å². The number of nitrogens with one attached hydrogen (secondary N) is 1. The van der Waals surface area contributed by atoms with Crippen LogP contribution in [0.15, 0.2) is 24.3 Å². The Bertz CT molecular complexity index is 433. The summed E-state index contributed by atoms with van der Waals surface area (Å²) in [4.78, 5) is 2.65. The molecule has 2 fully saturated rings. The molecule has 0 amide bonds. The van der Waals surface area contributed by atoms with Crippen molar-refractivity contribution in [3.05, 3.63) is 35.4 Å². The van der Waals surface area contributed by atoms with Gasteiger partial charge in [-0.2, -0.15) is 0 Å². The first-order valence-corrected chi connectivity index (χ1v) is 8.75. The second-order valence-electron chi connectivity index (χ2n) is 7.32. The maximum absolute atomic E-state index is 3.70. The van der Waals surface area contributed by atoms with Crippen molar-refractivity contribution in [2.75, 3.05) is 19.6 Å². The first-order chi connectivity index (χ1) is 10.2. The van der Waals surface area contributed by atoms with Crippen LogP contribution in [-0.4, -0.2) is 30.6 Å². The normalized spacial score (nSPS) is 23.7. The molecule has 3 rings (SSSR count). The second-order valence-corrected chi connectivity index (χ2v) is 7.32. The first-order valence-electron chi connectivity index (χ1n) is 8.75. The number of nitrogens with zero attached hydrogens (tertiary/aromatic N) is 1. The largest absolute Gasteiger partial charge is 0.314 e. The van der Waals surface area contributed by atoms with E-state index >= 15 is 0 Å². The molecule has 0 spiro atoms. The van der Waals surface area contributed by atoms with E-state index in [-0.39, 0.29) is 0 Å². The summed E-state index contributed by atoms with van der Waals surface area (Å²) in [5.41, 5.74) is 2.92. The fraction of sp³-hybridized carbons (Fsp3) is 0.684. The molecule has 21 heavy (non-hydrogen) atoms. The zero-order valence-corrected chi connectivity index (χ0v) is 13.6. The molecule has 2 heteroatoms. The molecule has 1 aromatic carbocycles. The van der Waals surface area contributed by atoms with E-state index in [0.717, 1.165) is 18.5 Å². The number of rotatable bonds is 6. The van der Waals surface area contributed by atoms with Crippen LogP contribution >= 0.6 is 0 Å². The average molecular weight is 286 g/mol. The Labute approximate surface area is 129 Å². The van der Waals surface area contributed by atoms with Crippen molar-refractivity contribution in [2.45, 2.75) is 58.0 Å². The van der Waals surface area contributed by atoms with Crippen LogP contribution in [0, 0.1) is 5.92 Å². The zero-order chi connectivity index (χ0) is 14.7. The van der Waals surface area contributed by atoms with Crippen molar-refractivity contribution in [2.24, 2.45) is 5.92 Å². The Morgan fingerprint density at radius 2 is 1.90 bits per heavy atom. The topological polar surface area (TPSA) is 15.3 Å². The predicted molar refractivity (Wildman–Crippen MR) is 89.6 cm³/mol. The van der Waals surface area contributed by atoms with E-state index < -0.39 is 0 Å². The molecular formula is C19H30N2. The van der Waals surface area contributed by atoms with Gasteiger partial charge in [0.25, 0.3) is 0 Å². The standard InChI is InChI=1S/C19H30N2/c1-15(2)18-7-5-16(6-8-18)13-21-11-3-4-17(14-21)12-20-19-9-10-19/h5-8,15,17,19-20H,3-4,9-14H2,1-2H3. The Balaban J connectivity index is 1.48. The molecule has 1 saturated carbocycles. The maximum atomic E-state index is 3.70. The molecule has 1 heterocycles. The highest BCUT2D eigenvalue weighted by Crippen LogP contribution is 2.22. The van der Waals surface area contributed by atoms with Gasteiger partial charge in [-0.05, 0) is 61.7 Å². The van der Waals surface area contributed by atoms with Gasteiger partial charge in [-0.15, -0.1) is 0 Å². The number of piperidine rings is 1. The molecule has 116 valence electrons. The Kier molecular flexibility index (Phi) is 4.97. The van der Waals surface area contributed by atoms with Gasteiger partial charge in [0.05, 0.1) is 0 Å². The summed E-state index contributed by atoms with van der Waals surface area (Å²) in [5.74, 6) is 1.49. The summed E-state index contributed by atoms with van der Waals surface area (Å²) < 4.78 is 0. The number of hydrogen-bond donors (Lipinski definition) is 1. The van der Waals surface area contributed by atoms with Crippen LogP contribution in [0.3, 0.4) is 0 Å². The summed E-state index contributed by atoms with van der Waals surface area (Å²) in [7, 11) is 0. The molecule has 1 atom stereocenters. The van der Waals surface area contributed by atoms with Crippen LogP contribution in [0.2, 0.25) is 0 Å². The molecule has 1 saturated heterocycles. The molecule has 1 aliphatic heterocycles. The van der Waals surface area contributed by atoms with Crippen molar-refractivity contribution in [3.63, 3.8) is 0 Å². The lowest BCUT2D eigenvalue weighted by molar-refractivity contribution is 0.165. The van der Waals surface area contributed by atoms with Gasteiger partial charge >= 0.3 is 0 Å². The van der Waals surface area contributed by atoms with E-state index in [1.54, 1.807) is 0 Å². The molecule has 0 bridgehead atoms. The van der Waals surface area contributed by atoms with Gasteiger partial charge < -0.3 is 5.32 Å². The van der Waals surface area contributed by atoms with E-state index in [1.165, 1.54) is 56.4 Å². The summed E-state index contributed by atoms with van der Waals surface area (Å²) in [5, 5.41) is 3.70. The summed E-state index contributed by atoms with van der Waals surface area (Å²) in [6.07, 6.45) is 5.57. The van der Waals surface area contributed by atoms with Crippen LogP contribution in [0.5, 0.6) is 0 Å². The van der Waals surface area contributed by atoms with Gasteiger partial charge in [-0.3, -0.25) is 4.90 Å². The first kappa shape index (κ1) is 15.1. The molecule has 1 aliphatic carbocycles. The van der Waals surface area contributed by atoms with Gasteiger partial charge in [0.15, 0.2) is 0 Å². The lowest BCUT2D eigenvalue weighted by Crippen LogP contribution is -2.39. The average Bonchev–Trinajstić information content (AvgIpc) is 3.30. The number of benzene rings is 1. The van der Waals surface area contributed by atoms with Crippen LogP contribution in [0.25, 0.3) is 0 Å². The van der Waals surface area contributed by atoms with Gasteiger partial charge in [-0.25, -0.2) is 0 Å². The number of likely N-dealkylation sites (tertiary alicyclic amines) is 1. The summed E-state index contributed by atoms with van der Waals surface area (Å²) in [6.45, 7) is 9.41. The second kappa shape index (κ2) is 6.93. The van der Waals surface area contributed by atoms with Crippen molar-refractivity contribution in [3.8, 4) is 0 Å². The van der Waals surface area contributed by atoms with Gasteiger partial charge in [0.1, 0.15) is 0 Å². The maximum Gasteiger partial charge on any atom is 0.0233 e. The third kappa shape index (κ3) is 4.55. The molecule has 0 radical (unpaired) electrons. The Hall–Kier alpha value is -0.860. The van der Waals surface area contributed by atoms with E-state index in [0.29, 0.717) is 5.92 Å². The minimum Gasteiger partial charge on any atom is -0.314 e. The lowest BCUT2D eigenvalue weighted by atomic mass is 9.97. The molecule has 1 aromatic rings. The molecule has 2 aliphatic rings. The fourth-order valence-corrected chi connectivity index (χ4v) is 3.35. The van der Waals surface area contributed by atoms with Crippen molar-refractivity contribution in [1.82, 2.24) is 10.2 Å². The minimum atomic E-state index is 0.631. The third-order valence-corrected chi connectivity index (χ3v) is 4.93. The highest BCUT2D eigenvalue weighted by atomic mass is 15.1. The Morgan fingerprint density at radius 3 is 2.57 bits per heavy atom. The molecule has 0 aromatic heterocycles.